The van der Waals surface area contributed by atoms with Crippen molar-refractivity contribution in [3.63, 3.8) is 0 Å². The molecule has 8 nitrogen and oxygen atoms in total. The number of hydrogen-bond acceptors (Lipinski definition) is 5. The molecule has 0 bridgehead atoms. The fraction of sp³-hybridized carbons (Fsp3) is 0.556. The predicted molar refractivity (Wildman–Crippen MR) is 99.5 cm³/mol. The summed E-state index contributed by atoms with van der Waals surface area (Å²) in [7, 11) is -3.19. The normalized spacial score (nSPS) is 19.1. The predicted octanol–water partition coefficient (Wildman–Crippen LogP) is 0.195. The Morgan fingerprint density at radius 2 is 1.96 bits per heavy atom. The molecular formula is C18H25N3O5S. The van der Waals surface area contributed by atoms with Gasteiger partial charge in [0.1, 0.15) is 5.75 Å². The number of sulfonamides is 1. The van der Waals surface area contributed by atoms with E-state index in [1.807, 2.05) is 24.3 Å². The van der Waals surface area contributed by atoms with Gasteiger partial charge < -0.3 is 15.0 Å². The maximum Gasteiger partial charge on any atom is 0.260 e. The monoisotopic (exact) mass is 395 g/mol. The van der Waals surface area contributed by atoms with Gasteiger partial charge in [-0.2, -0.15) is 0 Å². The molecule has 0 saturated carbocycles. The van der Waals surface area contributed by atoms with Gasteiger partial charge in [0.15, 0.2) is 6.61 Å². The van der Waals surface area contributed by atoms with Gasteiger partial charge in [0.25, 0.3) is 5.91 Å². The van der Waals surface area contributed by atoms with Crippen molar-refractivity contribution >= 4 is 21.8 Å². The van der Waals surface area contributed by atoms with Crippen LogP contribution >= 0.6 is 0 Å². The highest BCUT2D eigenvalue weighted by molar-refractivity contribution is 7.88. The first-order valence-corrected chi connectivity index (χ1v) is 10.9. The summed E-state index contributed by atoms with van der Waals surface area (Å²) >= 11 is 0. The van der Waals surface area contributed by atoms with Crippen LogP contribution in [0.3, 0.4) is 0 Å². The van der Waals surface area contributed by atoms with Gasteiger partial charge in [-0.05, 0) is 18.9 Å². The van der Waals surface area contributed by atoms with Gasteiger partial charge in [0, 0.05) is 44.2 Å². The molecular weight excluding hydrogens is 370 g/mol. The van der Waals surface area contributed by atoms with Gasteiger partial charge in [-0.15, -0.1) is 0 Å². The molecule has 1 saturated heterocycles. The van der Waals surface area contributed by atoms with E-state index < -0.39 is 10.0 Å². The minimum Gasteiger partial charge on any atom is -0.483 e. The van der Waals surface area contributed by atoms with E-state index in [0.29, 0.717) is 45.6 Å². The van der Waals surface area contributed by atoms with Crippen molar-refractivity contribution in [1.82, 2.24) is 14.5 Å². The van der Waals surface area contributed by atoms with Crippen LogP contribution in [0.2, 0.25) is 0 Å². The smallest absolute Gasteiger partial charge is 0.260 e. The number of hydrogen-bond donors (Lipinski definition) is 1. The molecule has 2 aliphatic rings. The van der Waals surface area contributed by atoms with E-state index in [1.54, 1.807) is 4.90 Å². The maximum absolute atomic E-state index is 12.3. The molecule has 27 heavy (non-hydrogen) atoms. The van der Waals surface area contributed by atoms with E-state index in [0.717, 1.165) is 11.3 Å². The molecule has 3 rings (SSSR count). The summed E-state index contributed by atoms with van der Waals surface area (Å²) in [6.45, 7) is 1.96. The van der Waals surface area contributed by atoms with Gasteiger partial charge in [0.2, 0.25) is 15.9 Å². The number of nitrogens with one attached hydrogen (secondary N) is 1. The zero-order valence-electron chi connectivity index (χ0n) is 15.4. The van der Waals surface area contributed by atoms with Crippen LogP contribution in [0.5, 0.6) is 5.75 Å². The molecule has 1 aromatic carbocycles. The number of carbonyl (C=O) groups excluding carboxylic acids is 2. The Bertz CT molecular complexity index is 803. The van der Waals surface area contributed by atoms with Crippen LogP contribution in [0.25, 0.3) is 0 Å². The van der Waals surface area contributed by atoms with E-state index in [2.05, 4.69) is 5.32 Å². The maximum atomic E-state index is 12.3. The SMILES string of the molecule is CS(=O)(=O)N1CCC(C(=O)NCCN2Cc3ccccc3OCC2=O)CC1. The lowest BCUT2D eigenvalue weighted by atomic mass is 9.97. The summed E-state index contributed by atoms with van der Waals surface area (Å²) < 4.78 is 30.0. The van der Waals surface area contributed by atoms with E-state index in [9.17, 15) is 18.0 Å². The Morgan fingerprint density at radius 1 is 1.26 bits per heavy atom. The van der Waals surface area contributed by atoms with Crippen molar-refractivity contribution in [3.05, 3.63) is 29.8 Å². The average molecular weight is 395 g/mol. The second kappa shape index (κ2) is 8.26. The minimum atomic E-state index is -3.19. The Balaban J connectivity index is 1.47. The number of ether oxygens (including phenoxy) is 1. The van der Waals surface area contributed by atoms with E-state index in [-0.39, 0.29) is 24.3 Å². The molecule has 0 aliphatic carbocycles. The lowest BCUT2D eigenvalue weighted by Gasteiger charge is -2.29. The van der Waals surface area contributed by atoms with Gasteiger partial charge in [-0.3, -0.25) is 9.59 Å². The van der Waals surface area contributed by atoms with Crippen LogP contribution in [0.15, 0.2) is 24.3 Å². The second-order valence-corrected chi connectivity index (χ2v) is 8.92. The van der Waals surface area contributed by atoms with Crippen molar-refractivity contribution in [1.29, 1.82) is 0 Å². The van der Waals surface area contributed by atoms with Gasteiger partial charge in [-0.1, -0.05) is 18.2 Å². The molecule has 1 N–H and O–H groups in total. The first-order chi connectivity index (χ1) is 12.8. The zero-order chi connectivity index (χ0) is 19.4. The molecule has 9 heteroatoms. The third kappa shape index (κ3) is 4.98. The van der Waals surface area contributed by atoms with Gasteiger partial charge in [-0.25, -0.2) is 12.7 Å². The number of rotatable bonds is 5. The molecule has 1 aromatic rings. The molecule has 2 amide bonds. The number of fused-ring (bicyclic) bond motifs is 1. The number of nitrogens with zero attached hydrogens (tertiary/aromatic N) is 2. The molecule has 0 unspecified atom stereocenters. The first-order valence-electron chi connectivity index (χ1n) is 9.06. The van der Waals surface area contributed by atoms with Crippen LogP contribution in [0.1, 0.15) is 18.4 Å². The molecule has 2 heterocycles. The summed E-state index contributed by atoms with van der Waals surface area (Å²) in [6.07, 6.45) is 2.22. The fourth-order valence-electron chi connectivity index (χ4n) is 3.41. The van der Waals surface area contributed by atoms with Crippen molar-refractivity contribution < 1.29 is 22.7 Å². The van der Waals surface area contributed by atoms with E-state index in [1.165, 1.54) is 10.6 Å². The highest BCUT2D eigenvalue weighted by atomic mass is 32.2. The number of benzene rings is 1. The molecule has 0 spiro atoms. The Morgan fingerprint density at radius 3 is 2.67 bits per heavy atom. The number of piperidine rings is 1. The zero-order valence-corrected chi connectivity index (χ0v) is 16.2. The van der Waals surface area contributed by atoms with Crippen LogP contribution in [-0.2, 0) is 26.2 Å². The summed E-state index contributed by atoms with van der Waals surface area (Å²) in [6, 6.07) is 7.54. The van der Waals surface area contributed by atoms with Crippen LogP contribution < -0.4 is 10.1 Å². The highest BCUT2D eigenvalue weighted by Crippen LogP contribution is 2.23. The fourth-order valence-corrected chi connectivity index (χ4v) is 4.29. The average Bonchev–Trinajstić information content (AvgIpc) is 2.80. The third-order valence-corrected chi connectivity index (χ3v) is 6.32. The molecule has 0 radical (unpaired) electrons. The number of amides is 2. The standard InChI is InChI=1S/C18H25N3O5S/c1-27(24,25)21-9-6-14(7-10-21)18(23)19-8-11-20-12-15-4-2-3-5-16(15)26-13-17(20)22/h2-5,14H,6-13H2,1H3,(H,19,23). The van der Waals surface area contributed by atoms with Crippen molar-refractivity contribution in [2.24, 2.45) is 5.92 Å². The number of para-hydroxylation sites is 1. The first kappa shape index (κ1) is 19.6. The third-order valence-electron chi connectivity index (χ3n) is 5.01. The largest absolute Gasteiger partial charge is 0.483 e. The highest BCUT2D eigenvalue weighted by Gasteiger charge is 2.29. The Kier molecular flexibility index (Phi) is 6.01. The van der Waals surface area contributed by atoms with Crippen LogP contribution in [0.4, 0.5) is 0 Å². The molecule has 1 fully saturated rings. The summed E-state index contributed by atoms with van der Waals surface area (Å²) in [5.74, 6) is 0.339. The number of carbonyl (C=O) groups is 2. The van der Waals surface area contributed by atoms with Gasteiger partial charge in [0.05, 0.1) is 6.26 Å². The molecule has 0 aromatic heterocycles. The quantitative estimate of drug-likeness (QED) is 0.768. The van der Waals surface area contributed by atoms with Gasteiger partial charge >= 0.3 is 0 Å². The molecule has 148 valence electrons. The van der Waals surface area contributed by atoms with E-state index in [4.69, 9.17) is 4.74 Å². The second-order valence-electron chi connectivity index (χ2n) is 6.94. The van der Waals surface area contributed by atoms with Crippen LogP contribution in [0, 0.1) is 5.92 Å². The minimum absolute atomic E-state index is 0.00505. The van der Waals surface area contributed by atoms with E-state index >= 15 is 0 Å². The van der Waals surface area contributed by atoms with Crippen molar-refractivity contribution in [2.75, 3.05) is 39.0 Å². The Labute approximate surface area is 159 Å². The summed E-state index contributed by atoms with van der Waals surface area (Å²) in [5.41, 5.74) is 0.947. The lowest BCUT2D eigenvalue weighted by molar-refractivity contribution is -0.134. The van der Waals surface area contributed by atoms with Crippen molar-refractivity contribution in [2.45, 2.75) is 19.4 Å². The summed E-state index contributed by atoms with van der Waals surface area (Å²) in [4.78, 5) is 26.2. The summed E-state index contributed by atoms with van der Waals surface area (Å²) in [5, 5.41) is 2.88. The molecule has 2 aliphatic heterocycles. The topological polar surface area (TPSA) is 96.0 Å². The molecule has 0 atom stereocenters. The van der Waals surface area contributed by atoms with Crippen LogP contribution in [-0.4, -0.2) is 68.5 Å². The van der Waals surface area contributed by atoms with Crippen molar-refractivity contribution in [3.8, 4) is 5.75 Å². The lowest BCUT2D eigenvalue weighted by Crippen LogP contribution is -2.44. The Hall–Kier alpha value is -2.13.